The van der Waals surface area contributed by atoms with Crippen LogP contribution >= 0.6 is 0 Å². The van der Waals surface area contributed by atoms with Gasteiger partial charge >= 0.3 is 6.03 Å². The lowest BCUT2D eigenvalue weighted by Gasteiger charge is -2.15. The molecule has 0 unspecified atom stereocenters. The van der Waals surface area contributed by atoms with E-state index in [-0.39, 0.29) is 5.69 Å². The molecule has 28 heavy (non-hydrogen) atoms. The first-order valence-electron chi connectivity index (χ1n) is 9.21. The molecule has 1 aliphatic rings. The number of halogens is 1. The molecule has 2 amide bonds. The maximum atomic E-state index is 13.7. The third-order valence-corrected chi connectivity index (χ3v) is 4.62. The molecular formula is C21H20FN5O. The molecule has 0 bridgehead atoms. The number of amides is 2. The summed E-state index contributed by atoms with van der Waals surface area (Å²) >= 11 is 0. The zero-order valence-corrected chi connectivity index (χ0v) is 15.2. The monoisotopic (exact) mass is 377 g/mol. The molecule has 1 fully saturated rings. The quantitative estimate of drug-likeness (QED) is 0.701. The van der Waals surface area contributed by atoms with Crippen molar-refractivity contribution in [2.75, 3.05) is 28.6 Å². The van der Waals surface area contributed by atoms with E-state index in [1.807, 2.05) is 24.3 Å². The van der Waals surface area contributed by atoms with E-state index in [1.54, 1.807) is 24.3 Å². The number of urea groups is 1. The fourth-order valence-electron chi connectivity index (χ4n) is 3.20. The van der Waals surface area contributed by atoms with Gasteiger partial charge < -0.3 is 15.5 Å². The number of para-hydroxylation sites is 1. The second kappa shape index (κ2) is 8.04. The molecule has 2 aromatic carbocycles. The minimum atomic E-state index is -0.516. The summed E-state index contributed by atoms with van der Waals surface area (Å²) in [7, 11) is 0. The Kier molecular flexibility index (Phi) is 5.14. The van der Waals surface area contributed by atoms with Gasteiger partial charge in [-0.05, 0) is 49.2 Å². The van der Waals surface area contributed by atoms with Crippen molar-refractivity contribution in [3.63, 3.8) is 0 Å². The van der Waals surface area contributed by atoms with E-state index in [0.29, 0.717) is 5.69 Å². The van der Waals surface area contributed by atoms with Crippen molar-refractivity contribution in [2.45, 2.75) is 12.8 Å². The van der Waals surface area contributed by atoms with Crippen molar-refractivity contribution < 1.29 is 9.18 Å². The van der Waals surface area contributed by atoms with Gasteiger partial charge in [0.05, 0.1) is 11.4 Å². The normalized spacial score (nSPS) is 13.4. The highest BCUT2D eigenvalue weighted by molar-refractivity contribution is 6.00. The van der Waals surface area contributed by atoms with Crippen LogP contribution in [0, 0.1) is 5.82 Å². The van der Waals surface area contributed by atoms with E-state index in [1.165, 1.54) is 25.0 Å². The molecule has 142 valence electrons. The summed E-state index contributed by atoms with van der Waals surface area (Å²) in [4.78, 5) is 14.4. The molecule has 0 spiro atoms. The Balaban J connectivity index is 1.45. The van der Waals surface area contributed by atoms with Crippen molar-refractivity contribution in [1.29, 1.82) is 0 Å². The summed E-state index contributed by atoms with van der Waals surface area (Å²) in [6.45, 7) is 2.04. The average molecular weight is 377 g/mol. The van der Waals surface area contributed by atoms with Crippen molar-refractivity contribution in [3.8, 4) is 11.3 Å². The Morgan fingerprint density at radius 2 is 1.75 bits per heavy atom. The minimum Gasteiger partial charge on any atom is -0.355 e. The van der Waals surface area contributed by atoms with E-state index >= 15 is 0 Å². The van der Waals surface area contributed by atoms with Crippen molar-refractivity contribution >= 4 is 23.2 Å². The predicted molar refractivity (Wildman–Crippen MR) is 108 cm³/mol. The van der Waals surface area contributed by atoms with Crippen LogP contribution < -0.4 is 15.5 Å². The van der Waals surface area contributed by atoms with Crippen LogP contribution in [0.2, 0.25) is 0 Å². The fraction of sp³-hybridized carbons (Fsp3) is 0.190. The molecule has 3 aromatic rings. The highest BCUT2D eigenvalue weighted by Gasteiger charge is 2.14. The Hall–Kier alpha value is -3.48. The number of anilines is 3. The largest absolute Gasteiger partial charge is 0.355 e. The maximum Gasteiger partial charge on any atom is 0.323 e. The van der Waals surface area contributed by atoms with Crippen LogP contribution in [0.15, 0.2) is 60.7 Å². The molecule has 0 atom stereocenters. The summed E-state index contributed by atoms with van der Waals surface area (Å²) in [6.07, 6.45) is 2.37. The van der Waals surface area contributed by atoms with Gasteiger partial charge in [-0.2, -0.15) is 0 Å². The first-order valence-corrected chi connectivity index (χ1v) is 9.21. The highest BCUT2D eigenvalue weighted by atomic mass is 19.1. The number of nitrogens with one attached hydrogen (secondary N) is 2. The number of benzene rings is 2. The molecule has 4 rings (SSSR count). The van der Waals surface area contributed by atoms with E-state index in [4.69, 9.17) is 0 Å². The second-order valence-electron chi connectivity index (χ2n) is 6.61. The number of rotatable bonds is 4. The van der Waals surface area contributed by atoms with Gasteiger partial charge in [0.2, 0.25) is 0 Å². The molecule has 0 aliphatic carbocycles. The number of carbonyl (C=O) groups excluding carboxylic acids is 1. The van der Waals surface area contributed by atoms with Gasteiger partial charge in [-0.3, -0.25) is 0 Å². The smallest absolute Gasteiger partial charge is 0.323 e. The number of carbonyl (C=O) groups is 1. The average Bonchev–Trinajstić information content (AvgIpc) is 3.25. The third kappa shape index (κ3) is 4.09. The molecule has 1 saturated heterocycles. The van der Waals surface area contributed by atoms with E-state index in [2.05, 4.69) is 25.7 Å². The number of aromatic nitrogens is 2. The summed E-state index contributed by atoms with van der Waals surface area (Å²) < 4.78 is 13.7. The minimum absolute atomic E-state index is 0.125. The molecule has 1 aliphatic heterocycles. The highest BCUT2D eigenvalue weighted by Crippen LogP contribution is 2.23. The van der Waals surface area contributed by atoms with Crippen LogP contribution in [-0.2, 0) is 0 Å². The Morgan fingerprint density at radius 1 is 0.929 bits per heavy atom. The molecule has 0 radical (unpaired) electrons. The maximum absolute atomic E-state index is 13.7. The molecule has 0 saturated carbocycles. The van der Waals surface area contributed by atoms with Crippen molar-refractivity contribution in [3.05, 3.63) is 66.5 Å². The molecular weight excluding hydrogens is 357 g/mol. The van der Waals surface area contributed by atoms with E-state index < -0.39 is 11.8 Å². The van der Waals surface area contributed by atoms with Gasteiger partial charge in [0, 0.05) is 24.3 Å². The lowest BCUT2D eigenvalue weighted by atomic mass is 10.1. The Bertz CT molecular complexity index is 971. The van der Waals surface area contributed by atoms with Gasteiger partial charge in [0.25, 0.3) is 0 Å². The first-order chi connectivity index (χ1) is 13.7. The summed E-state index contributed by atoms with van der Waals surface area (Å²) in [5.41, 5.74) is 2.27. The van der Waals surface area contributed by atoms with Gasteiger partial charge in [-0.1, -0.05) is 24.3 Å². The van der Waals surface area contributed by atoms with Crippen molar-refractivity contribution in [1.82, 2.24) is 10.2 Å². The molecule has 2 heterocycles. The molecule has 7 heteroatoms. The van der Waals surface area contributed by atoms with Gasteiger partial charge in [-0.25, -0.2) is 9.18 Å². The Morgan fingerprint density at radius 3 is 2.50 bits per heavy atom. The van der Waals surface area contributed by atoms with Gasteiger partial charge in [-0.15, -0.1) is 10.2 Å². The summed E-state index contributed by atoms with van der Waals surface area (Å²) in [6, 6.07) is 16.7. The second-order valence-corrected chi connectivity index (χ2v) is 6.61. The lowest BCUT2D eigenvalue weighted by molar-refractivity contribution is 0.262. The first kappa shape index (κ1) is 17.9. The predicted octanol–water partition coefficient (Wildman–Crippen LogP) is 4.53. The van der Waals surface area contributed by atoms with Gasteiger partial charge in [0.1, 0.15) is 5.82 Å². The molecule has 1 aromatic heterocycles. The van der Waals surface area contributed by atoms with Crippen LogP contribution in [0.1, 0.15) is 12.8 Å². The fourth-order valence-corrected chi connectivity index (χ4v) is 3.20. The third-order valence-electron chi connectivity index (χ3n) is 4.62. The Labute approximate surface area is 162 Å². The summed E-state index contributed by atoms with van der Waals surface area (Å²) in [5, 5.41) is 13.9. The topological polar surface area (TPSA) is 70.2 Å². The van der Waals surface area contributed by atoms with Crippen molar-refractivity contribution in [2.24, 2.45) is 0 Å². The van der Waals surface area contributed by atoms with Gasteiger partial charge in [0.15, 0.2) is 5.82 Å². The standard InChI is InChI=1S/C21H20FN5O/c22-17-8-1-2-9-19(17)24-21(28)23-16-7-5-6-15(14-16)18-10-11-20(26-25-18)27-12-3-4-13-27/h1-2,5-11,14H,3-4,12-13H2,(H2,23,24,28). The van der Waals surface area contributed by atoms with Crippen LogP contribution in [0.5, 0.6) is 0 Å². The van der Waals surface area contributed by atoms with E-state index in [9.17, 15) is 9.18 Å². The molecule has 6 nitrogen and oxygen atoms in total. The van der Waals surface area contributed by atoms with Crippen LogP contribution in [0.25, 0.3) is 11.3 Å². The lowest BCUT2D eigenvalue weighted by Crippen LogP contribution is -2.20. The number of hydrogen-bond donors (Lipinski definition) is 2. The zero-order valence-electron chi connectivity index (χ0n) is 15.2. The SMILES string of the molecule is O=C(Nc1cccc(-c2ccc(N3CCCC3)nn2)c1)Nc1ccccc1F. The van der Waals surface area contributed by atoms with Crippen LogP contribution in [0.4, 0.5) is 26.4 Å². The summed E-state index contributed by atoms with van der Waals surface area (Å²) in [5.74, 6) is 0.402. The number of hydrogen-bond acceptors (Lipinski definition) is 4. The molecule has 2 N–H and O–H groups in total. The van der Waals surface area contributed by atoms with E-state index in [0.717, 1.165) is 30.2 Å². The van der Waals surface area contributed by atoms with Crippen LogP contribution in [0.3, 0.4) is 0 Å². The van der Waals surface area contributed by atoms with Crippen LogP contribution in [-0.4, -0.2) is 29.3 Å². The number of nitrogens with zero attached hydrogens (tertiary/aromatic N) is 3. The zero-order chi connectivity index (χ0) is 19.3.